The third-order valence-electron chi connectivity index (χ3n) is 8.54. The lowest BCUT2D eigenvalue weighted by molar-refractivity contribution is -0.146. The zero-order valence-corrected chi connectivity index (χ0v) is 22.2. The number of carbonyl (C=O) groups excluding carboxylic acids is 4. The predicted molar refractivity (Wildman–Crippen MR) is 151 cm³/mol. The van der Waals surface area contributed by atoms with Gasteiger partial charge in [-0.05, 0) is 34.4 Å². The molecule has 4 aromatic carbocycles. The molecule has 4 aromatic rings. The first kappa shape index (κ1) is 25.7. The Morgan fingerprint density at radius 2 is 1.24 bits per heavy atom. The molecule has 0 bridgehead atoms. The number of imide groups is 1. The van der Waals surface area contributed by atoms with Crippen LogP contribution in [0.3, 0.4) is 0 Å². The van der Waals surface area contributed by atoms with Crippen LogP contribution in [0.1, 0.15) is 49.0 Å². The molecule has 2 aliphatic heterocycles. The van der Waals surface area contributed by atoms with Gasteiger partial charge in [-0.15, -0.1) is 0 Å². The molecule has 0 radical (unpaired) electrons. The fraction of sp³-hybridized carbons (Fsp3) is 0.147. The van der Waals surface area contributed by atoms with Gasteiger partial charge in [0.05, 0.1) is 18.4 Å². The van der Waals surface area contributed by atoms with E-state index < -0.39 is 41.7 Å². The maximum Gasteiger partial charge on any atom is 0.321 e. The summed E-state index contributed by atoms with van der Waals surface area (Å²) in [5.74, 6) is -4.76. The number of nitrogens with zero attached hydrogens (tertiary/aromatic N) is 1. The Labute approximate surface area is 240 Å². The zero-order valence-electron chi connectivity index (χ0n) is 22.2. The monoisotopic (exact) mass is 556 g/mol. The molecule has 4 unspecified atom stereocenters. The minimum absolute atomic E-state index is 0.132. The van der Waals surface area contributed by atoms with Crippen LogP contribution in [0.25, 0.3) is 11.1 Å². The van der Waals surface area contributed by atoms with Crippen molar-refractivity contribution in [3.63, 3.8) is 0 Å². The summed E-state index contributed by atoms with van der Waals surface area (Å²) in [6, 6.07) is 26.8. The molecule has 3 aliphatic rings. The summed E-state index contributed by atoms with van der Waals surface area (Å²) >= 11 is 0. The number of carboxylic acids is 1. The van der Waals surface area contributed by atoms with Gasteiger partial charge < -0.3 is 5.11 Å². The van der Waals surface area contributed by atoms with Crippen molar-refractivity contribution in [2.75, 3.05) is 0 Å². The summed E-state index contributed by atoms with van der Waals surface area (Å²) < 4.78 is 0. The van der Waals surface area contributed by atoms with Crippen LogP contribution in [0.15, 0.2) is 97.1 Å². The first-order valence-corrected chi connectivity index (χ1v) is 13.6. The van der Waals surface area contributed by atoms with E-state index in [9.17, 15) is 29.1 Å². The fourth-order valence-corrected chi connectivity index (χ4v) is 6.50. The van der Waals surface area contributed by atoms with E-state index in [-0.39, 0.29) is 29.2 Å². The molecule has 42 heavy (non-hydrogen) atoms. The maximum absolute atomic E-state index is 13.8. The summed E-state index contributed by atoms with van der Waals surface area (Å²) in [6.07, 6.45) is 0. The van der Waals surface area contributed by atoms with Crippen molar-refractivity contribution in [3.8, 4) is 11.1 Å². The van der Waals surface area contributed by atoms with Crippen LogP contribution >= 0.6 is 0 Å². The average molecular weight is 557 g/mol. The molecule has 4 atom stereocenters. The number of ketones is 2. The van der Waals surface area contributed by atoms with Gasteiger partial charge >= 0.3 is 5.97 Å². The summed E-state index contributed by atoms with van der Waals surface area (Å²) in [5, 5.41) is 13.0. The van der Waals surface area contributed by atoms with Crippen molar-refractivity contribution < 1.29 is 29.1 Å². The lowest BCUT2D eigenvalue weighted by Gasteiger charge is -2.23. The first-order valence-electron chi connectivity index (χ1n) is 13.6. The van der Waals surface area contributed by atoms with Gasteiger partial charge in [0.15, 0.2) is 11.6 Å². The Hall–Kier alpha value is -5.21. The van der Waals surface area contributed by atoms with Crippen molar-refractivity contribution in [1.29, 1.82) is 0 Å². The number of carboxylic acid groups (broad SMARTS) is 1. The van der Waals surface area contributed by atoms with Crippen LogP contribution in [0, 0.1) is 11.8 Å². The molecule has 8 nitrogen and oxygen atoms in total. The lowest BCUT2D eigenvalue weighted by atomic mass is 9.83. The van der Waals surface area contributed by atoms with Gasteiger partial charge in [0.2, 0.25) is 11.8 Å². The smallest absolute Gasteiger partial charge is 0.321 e. The largest absolute Gasteiger partial charge is 0.480 e. The standard InChI is InChI=1S/C34H24N2O6/c37-30-22-8-4-5-9-23(22)31(38)25-16-18(10-15-24(25)30)17-36-32(39)26-27(33(36)40)29(34(41)42)35-28(26)21-13-11-20(12-14-21)19-6-2-1-3-7-19/h1-16,26-29,35H,17H2,(H,41,42). The second-order valence-electron chi connectivity index (χ2n) is 10.8. The number of likely N-dealkylation sites (tertiary alicyclic amines) is 1. The third kappa shape index (κ3) is 3.91. The number of aliphatic carboxylic acids is 1. The summed E-state index contributed by atoms with van der Waals surface area (Å²) in [7, 11) is 0. The lowest BCUT2D eigenvalue weighted by Crippen LogP contribution is -2.42. The van der Waals surface area contributed by atoms with Gasteiger partial charge in [-0.1, -0.05) is 84.9 Å². The van der Waals surface area contributed by atoms with E-state index in [4.69, 9.17) is 0 Å². The SMILES string of the molecule is O=C1c2ccccc2C(=O)c2cc(CN3C(=O)C4C(C(=O)O)NC(c5ccc(-c6ccccc6)cc5)C4C3=O)ccc21. The molecular weight excluding hydrogens is 532 g/mol. The topological polar surface area (TPSA) is 121 Å². The molecule has 0 aromatic heterocycles. The maximum atomic E-state index is 13.8. The fourth-order valence-electron chi connectivity index (χ4n) is 6.50. The Bertz CT molecular complexity index is 1810. The molecule has 2 fully saturated rings. The van der Waals surface area contributed by atoms with Gasteiger partial charge in [-0.3, -0.25) is 34.2 Å². The van der Waals surface area contributed by atoms with Crippen molar-refractivity contribution in [1.82, 2.24) is 10.2 Å². The Kier molecular flexibility index (Phi) is 5.95. The second kappa shape index (κ2) is 9.71. The molecule has 0 saturated carbocycles. The van der Waals surface area contributed by atoms with E-state index in [0.717, 1.165) is 16.0 Å². The number of benzene rings is 4. The minimum atomic E-state index is -1.23. The average Bonchev–Trinajstić information content (AvgIpc) is 3.53. The van der Waals surface area contributed by atoms with Crippen LogP contribution in [-0.4, -0.2) is 45.4 Å². The number of fused-ring (bicyclic) bond motifs is 3. The summed E-state index contributed by atoms with van der Waals surface area (Å²) in [6.45, 7) is -0.132. The van der Waals surface area contributed by atoms with E-state index >= 15 is 0 Å². The van der Waals surface area contributed by atoms with Crippen molar-refractivity contribution >= 4 is 29.4 Å². The Balaban J connectivity index is 1.18. The number of amides is 2. The Morgan fingerprint density at radius 1 is 0.667 bits per heavy atom. The van der Waals surface area contributed by atoms with E-state index in [1.807, 2.05) is 54.6 Å². The molecule has 8 heteroatoms. The van der Waals surface area contributed by atoms with Crippen LogP contribution < -0.4 is 5.32 Å². The summed E-state index contributed by atoms with van der Waals surface area (Å²) in [4.78, 5) is 66.8. The molecule has 7 rings (SSSR count). The highest BCUT2D eigenvalue weighted by Gasteiger charge is 2.60. The normalized spacial score (nSPS) is 22.6. The number of hydrogen-bond acceptors (Lipinski definition) is 6. The molecule has 2 N–H and O–H groups in total. The van der Waals surface area contributed by atoms with E-state index in [0.29, 0.717) is 22.3 Å². The minimum Gasteiger partial charge on any atom is -0.480 e. The second-order valence-corrected chi connectivity index (χ2v) is 10.8. The van der Waals surface area contributed by atoms with Gasteiger partial charge in [0, 0.05) is 28.3 Å². The zero-order chi connectivity index (χ0) is 29.1. The van der Waals surface area contributed by atoms with Gasteiger partial charge in [-0.2, -0.15) is 0 Å². The molecule has 2 saturated heterocycles. The highest BCUT2D eigenvalue weighted by Crippen LogP contribution is 2.45. The highest BCUT2D eigenvalue weighted by molar-refractivity contribution is 6.28. The molecule has 1 aliphatic carbocycles. The molecular formula is C34H24N2O6. The predicted octanol–water partition coefficient (Wildman–Crippen LogP) is 4.03. The molecule has 2 amide bonds. The number of nitrogens with one attached hydrogen (secondary N) is 1. The van der Waals surface area contributed by atoms with Gasteiger partial charge in [0.25, 0.3) is 0 Å². The third-order valence-corrected chi connectivity index (χ3v) is 8.54. The quantitative estimate of drug-likeness (QED) is 0.314. The van der Waals surface area contributed by atoms with Crippen molar-refractivity contribution in [3.05, 3.63) is 130 Å². The van der Waals surface area contributed by atoms with Gasteiger partial charge in [0.1, 0.15) is 6.04 Å². The molecule has 2 heterocycles. The van der Waals surface area contributed by atoms with Crippen LogP contribution in [0.4, 0.5) is 0 Å². The summed E-state index contributed by atoms with van der Waals surface area (Å²) in [5.41, 5.74) is 4.36. The van der Waals surface area contributed by atoms with E-state index in [2.05, 4.69) is 5.32 Å². The van der Waals surface area contributed by atoms with Crippen LogP contribution in [-0.2, 0) is 20.9 Å². The number of rotatable bonds is 5. The van der Waals surface area contributed by atoms with Crippen molar-refractivity contribution in [2.45, 2.75) is 18.6 Å². The van der Waals surface area contributed by atoms with Crippen molar-refractivity contribution in [2.24, 2.45) is 11.8 Å². The Morgan fingerprint density at radius 3 is 1.90 bits per heavy atom. The van der Waals surface area contributed by atoms with E-state index in [1.54, 1.807) is 42.5 Å². The highest BCUT2D eigenvalue weighted by atomic mass is 16.4. The molecule has 206 valence electrons. The number of hydrogen-bond donors (Lipinski definition) is 2. The molecule has 0 spiro atoms. The number of carbonyl (C=O) groups is 5. The van der Waals surface area contributed by atoms with Crippen LogP contribution in [0.2, 0.25) is 0 Å². The van der Waals surface area contributed by atoms with Gasteiger partial charge in [-0.25, -0.2) is 0 Å². The first-order chi connectivity index (χ1) is 20.3. The van der Waals surface area contributed by atoms with E-state index in [1.165, 1.54) is 0 Å². The van der Waals surface area contributed by atoms with Crippen LogP contribution in [0.5, 0.6) is 0 Å².